The van der Waals surface area contributed by atoms with Crippen LogP contribution in [0.1, 0.15) is 26.5 Å². The normalized spacial score (nSPS) is 10.7. The van der Waals surface area contributed by atoms with Gasteiger partial charge in [0.1, 0.15) is 9.71 Å². The molecule has 1 amide bonds. The van der Waals surface area contributed by atoms with Crippen molar-refractivity contribution in [1.29, 1.82) is 5.26 Å². The molecule has 2 aromatic carbocycles. The molecule has 0 spiro atoms. The summed E-state index contributed by atoms with van der Waals surface area (Å²) >= 11 is 2.63. The summed E-state index contributed by atoms with van der Waals surface area (Å²) in [4.78, 5) is 27.1. The number of aromatic nitrogens is 2. The van der Waals surface area contributed by atoms with Gasteiger partial charge in [-0.15, -0.1) is 23.1 Å². The van der Waals surface area contributed by atoms with Gasteiger partial charge >= 0.3 is 5.97 Å². The van der Waals surface area contributed by atoms with Crippen LogP contribution in [0, 0.1) is 25.2 Å². The lowest BCUT2D eigenvalue weighted by molar-refractivity contribution is -0.119. The minimum absolute atomic E-state index is 0.272. The third-order valence-corrected chi connectivity index (χ3v) is 7.12. The first-order chi connectivity index (χ1) is 16.4. The summed E-state index contributed by atoms with van der Waals surface area (Å²) in [6.45, 7) is 4.15. The van der Waals surface area contributed by atoms with Gasteiger partial charge in [0.2, 0.25) is 0 Å². The molecule has 4 rings (SSSR count). The number of hydrogen-bond donors (Lipinski definition) is 1. The van der Waals surface area contributed by atoms with Gasteiger partial charge in [0.15, 0.2) is 6.61 Å². The first-order valence-corrected chi connectivity index (χ1v) is 12.3. The summed E-state index contributed by atoms with van der Waals surface area (Å²) in [5.41, 5.74) is 3.73. The minimum atomic E-state index is -0.551. The van der Waals surface area contributed by atoms with Crippen molar-refractivity contribution in [3.63, 3.8) is 0 Å². The van der Waals surface area contributed by atoms with Crippen molar-refractivity contribution in [3.8, 4) is 6.07 Å². The fourth-order valence-corrected chi connectivity index (χ4v) is 5.11. The predicted octanol–water partition coefficient (Wildman–Crippen LogP) is 5.17. The van der Waals surface area contributed by atoms with Crippen molar-refractivity contribution in [3.05, 3.63) is 76.3 Å². The Morgan fingerprint density at radius 3 is 2.71 bits per heavy atom. The number of thioether (sulfide) groups is 1. The lowest BCUT2D eigenvalue weighted by Gasteiger charge is -2.09. The van der Waals surface area contributed by atoms with E-state index in [-0.39, 0.29) is 5.75 Å². The first-order valence-electron chi connectivity index (χ1n) is 10.5. The molecular weight excluding hydrogens is 468 g/mol. The maximum absolute atomic E-state index is 12.6. The Hall–Kier alpha value is -3.61. The maximum Gasteiger partial charge on any atom is 0.348 e. The Bertz CT molecular complexity index is 1380. The Morgan fingerprint density at radius 2 is 1.94 bits per heavy atom. The molecule has 9 heteroatoms. The molecule has 0 unspecified atom stereocenters. The van der Waals surface area contributed by atoms with Crippen molar-refractivity contribution < 1.29 is 14.3 Å². The van der Waals surface area contributed by atoms with E-state index in [0.717, 1.165) is 26.4 Å². The second-order valence-electron chi connectivity index (χ2n) is 7.63. The molecule has 0 aliphatic rings. The van der Waals surface area contributed by atoms with Gasteiger partial charge in [-0.25, -0.2) is 4.79 Å². The van der Waals surface area contributed by atoms with Gasteiger partial charge in [0, 0.05) is 10.3 Å². The highest BCUT2D eigenvalue weighted by Crippen LogP contribution is 2.30. The van der Waals surface area contributed by atoms with E-state index in [1.807, 2.05) is 30.7 Å². The summed E-state index contributed by atoms with van der Waals surface area (Å²) in [5, 5.41) is 17.0. The highest BCUT2D eigenvalue weighted by molar-refractivity contribution is 7.99. The number of nitriles is 1. The molecule has 0 fully saturated rings. The average Bonchev–Trinajstić information content (AvgIpc) is 3.39. The van der Waals surface area contributed by atoms with Crippen molar-refractivity contribution in [1.82, 2.24) is 9.78 Å². The van der Waals surface area contributed by atoms with Gasteiger partial charge in [-0.2, -0.15) is 10.4 Å². The summed E-state index contributed by atoms with van der Waals surface area (Å²) in [6, 6.07) is 19.3. The molecule has 34 heavy (non-hydrogen) atoms. The molecule has 0 saturated carbocycles. The highest BCUT2D eigenvalue weighted by atomic mass is 32.2. The average molecular weight is 491 g/mol. The quantitative estimate of drug-likeness (QED) is 0.270. The van der Waals surface area contributed by atoms with Crippen LogP contribution in [0.5, 0.6) is 0 Å². The van der Waals surface area contributed by atoms with E-state index in [4.69, 9.17) is 10.00 Å². The Kier molecular flexibility index (Phi) is 7.30. The standard InChI is InChI=1S/C25H22N4O3S2/c1-16-7-9-18(10-8-16)14-29-24-19(17(2)28-29)13-22(34-24)25(31)32-15-23(30)27-20-5-3-4-6-21(20)33-12-11-26/h3-10,13H,12,14-15H2,1-2H3,(H,27,30). The van der Waals surface area contributed by atoms with E-state index in [0.29, 0.717) is 17.1 Å². The molecule has 0 radical (unpaired) electrons. The lowest BCUT2D eigenvalue weighted by Crippen LogP contribution is -2.21. The van der Waals surface area contributed by atoms with Crippen molar-refractivity contribution in [2.45, 2.75) is 25.3 Å². The molecule has 1 N–H and O–H groups in total. The molecule has 172 valence electrons. The van der Waals surface area contributed by atoms with E-state index in [1.54, 1.807) is 18.2 Å². The van der Waals surface area contributed by atoms with Gasteiger partial charge < -0.3 is 10.1 Å². The molecule has 2 aromatic heterocycles. The Balaban J connectivity index is 1.41. The predicted molar refractivity (Wildman–Crippen MR) is 134 cm³/mol. The number of anilines is 1. The monoisotopic (exact) mass is 490 g/mol. The number of hydrogen-bond acceptors (Lipinski definition) is 7. The largest absolute Gasteiger partial charge is 0.451 e. The van der Waals surface area contributed by atoms with Gasteiger partial charge in [-0.3, -0.25) is 9.48 Å². The van der Waals surface area contributed by atoms with Crippen molar-refractivity contribution >= 4 is 50.9 Å². The number of para-hydroxylation sites is 1. The van der Waals surface area contributed by atoms with E-state index in [9.17, 15) is 9.59 Å². The van der Waals surface area contributed by atoms with E-state index in [2.05, 4.69) is 40.8 Å². The maximum atomic E-state index is 12.6. The number of fused-ring (bicyclic) bond motifs is 1. The molecule has 0 atom stereocenters. The number of carbonyl (C=O) groups excluding carboxylic acids is 2. The number of amides is 1. The number of nitrogens with one attached hydrogen (secondary N) is 1. The molecule has 4 aromatic rings. The summed E-state index contributed by atoms with van der Waals surface area (Å²) in [6.07, 6.45) is 0. The zero-order valence-electron chi connectivity index (χ0n) is 18.7. The van der Waals surface area contributed by atoms with Crippen LogP contribution < -0.4 is 5.32 Å². The van der Waals surface area contributed by atoms with Crippen molar-refractivity contribution in [2.24, 2.45) is 0 Å². The van der Waals surface area contributed by atoms with Crippen LogP contribution in [0.2, 0.25) is 0 Å². The molecule has 0 aliphatic carbocycles. The zero-order valence-corrected chi connectivity index (χ0v) is 20.3. The van der Waals surface area contributed by atoms with Crippen LogP contribution in [0.4, 0.5) is 5.69 Å². The second kappa shape index (κ2) is 10.5. The topological polar surface area (TPSA) is 97.0 Å². The number of benzene rings is 2. The summed E-state index contributed by atoms with van der Waals surface area (Å²) in [5.74, 6) is -0.722. The summed E-state index contributed by atoms with van der Waals surface area (Å²) < 4.78 is 7.15. The third-order valence-electron chi connectivity index (χ3n) is 5.05. The van der Waals surface area contributed by atoms with E-state index in [1.165, 1.54) is 28.7 Å². The van der Waals surface area contributed by atoms with E-state index >= 15 is 0 Å². The van der Waals surface area contributed by atoms with Gasteiger partial charge in [-0.05, 0) is 37.6 Å². The van der Waals surface area contributed by atoms with Gasteiger partial charge in [0.05, 0.1) is 29.7 Å². The molecule has 0 saturated heterocycles. The fraction of sp³-hybridized carbons (Fsp3) is 0.200. The molecular formula is C25H22N4O3S2. The fourth-order valence-electron chi connectivity index (χ4n) is 3.38. The van der Waals surface area contributed by atoms with Gasteiger partial charge in [-0.1, -0.05) is 42.0 Å². The zero-order chi connectivity index (χ0) is 24.1. The van der Waals surface area contributed by atoms with Crippen LogP contribution in [-0.2, 0) is 16.1 Å². The number of carbonyl (C=O) groups is 2. The van der Waals surface area contributed by atoms with Crippen LogP contribution >= 0.6 is 23.1 Å². The molecule has 0 bridgehead atoms. The van der Waals surface area contributed by atoms with Crippen molar-refractivity contribution in [2.75, 3.05) is 17.7 Å². The number of esters is 1. The minimum Gasteiger partial charge on any atom is -0.451 e. The SMILES string of the molecule is Cc1ccc(Cn2nc(C)c3cc(C(=O)OCC(=O)Nc4ccccc4SCC#N)sc32)cc1. The van der Waals surface area contributed by atoms with Crippen LogP contribution in [0.15, 0.2) is 59.5 Å². The van der Waals surface area contributed by atoms with Crippen LogP contribution in [-0.4, -0.2) is 34.0 Å². The lowest BCUT2D eigenvalue weighted by atomic mass is 10.1. The van der Waals surface area contributed by atoms with Crippen LogP contribution in [0.25, 0.3) is 10.2 Å². The number of rotatable bonds is 8. The highest BCUT2D eigenvalue weighted by Gasteiger charge is 2.19. The molecule has 7 nitrogen and oxygen atoms in total. The molecule has 2 heterocycles. The Labute approximate surface area is 205 Å². The number of aryl methyl sites for hydroxylation is 2. The first kappa shape index (κ1) is 23.5. The molecule has 0 aliphatic heterocycles. The number of ether oxygens (including phenoxy) is 1. The van der Waals surface area contributed by atoms with Crippen LogP contribution in [0.3, 0.4) is 0 Å². The third kappa shape index (κ3) is 5.47. The second-order valence-corrected chi connectivity index (χ2v) is 9.67. The number of nitrogens with zero attached hydrogens (tertiary/aromatic N) is 3. The smallest absolute Gasteiger partial charge is 0.348 e. The Morgan fingerprint density at radius 1 is 1.18 bits per heavy atom. The number of thiophene rings is 1. The summed E-state index contributed by atoms with van der Waals surface area (Å²) in [7, 11) is 0. The van der Waals surface area contributed by atoms with E-state index < -0.39 is 18.5 Å². The van der Waals surface area contributed by atoms with Gasteiger partial charge in [0.25, 0.3) is 5.91 Å².